The number of rotatable bonds is 2. The van der Waals surface area contributed by atoms with Crippen molar-refractivity contribution in [3.63, 3.8) is 0 Å². The van der Waals surface area contributed by atoms with Crippen LogP contribution in [0.25, 0.3) is 0 Å². The number of hydrogen-bond donors (Lipinski definition) is 0. The van der Waals surface area contributed by atoms with Crippen LogP contribution in [-0.4, -0.2) is 36.6 Å². The third-order valence-corrected chi connectivity index (χ3v) is 4.86. The molecule has 1 unspecified atom stereocenters. The minimum Gasteiger partial charge on any atom is -0.306 e. The van der Waals surface area contributed by atoms with E-state index in [1.807, 2.05) is 30.3 Å². The van der Waals surface area contributed by atoms with Crippen molar-refractivity contribution in [1.29, 1.82) is 0 Å². The van der Waals surface area contributed by atoms with Crippen molar-refractivity contribution < 1.29 is 9.59 Å². The van der Waals surface area contributed by atoms with Crippen LogP contribution in [0, 0.1) is 17.8 Å². The second-order valence-electron chi connectivity index (χ2n) is 6.26. The predicted octanol–water partition coefficient (Wildman–Crippen LogP) is 2.42. The van der Waals surface area contributed by atoms with Gasteiger partial charge < -0.3 is 4.90 Å². The summed E-state index contributed by atoms with van der Waals surface area (Å²) in [6.07, 6.45) is 2.43. The van der Waals surface area contributed by atoms with Gasteiger partial charge in [0.2, 0.25) is 0 Å². The van der Waals surface area contributed by atoms with E-state index in [0.29, 0.717) is 23.8 Å². The topological polar surface area (TPSA) is 37.4 Å². The molecule has 1 aliphatic carbocycles. The highest BCUT2D eigenvalue weighted by Crippen LogP contribution is 2.38. The molecule has 3 atom stereocenters. The van der Waals surface area contributed by atoms with Crippen molar-refractivity contribution in [3.05, 3.63) is 35.9 Å². The van der Waals surface area contributed by atoms with E-state index in [1.165, 1.54) is 0 Å². The number of hydrogen-bond acceptors (Lipinski definition) is 3. The molecule has 1 aromatic carbocycles. The molecule has 0 spiro atoms. The molecule has 2 fully saturated rings. The van der Waals surface area contributed by atoms with Gasteiger partial charge in [0.25, 0.3) is 0 Å². The molecule has 1 saturated carbocycles. The zero-order valence-corrected chi connectivity index (χ0v) is 11.9. The van der Waals surface area contributed by atoms with E-state index >= 15 is 0 Å². The summed E-state index contributed by atoms with van der Waals surface area (Å²) >= 11 is 0. The van der Waals surface area contributed by atoms with Crippen LogP contribution in [0.4, 0.5) is 0 Å². The molecular weight excluding hydrogens is 250 g/mol. The second-order valence-corrected chi connectivity index (χ2v) is 6.26. The maximum Gasteiger partial charge on any atom is 0.173 e. The monoisotopic (exact) mass is 271 g/mol. The molecule has 20 heavy (non-hydrogen) atoms. The van der Waals surface area contributed by atoms with Gasteiger partial charge in [-0.3, -0.25) is 9.59 Å². The molecule has 3 heteroatoms. The van der Waals surface area contributed by atoms with E-state index in [1.54, 1.807) is 0 Å². The largest absolute Gasteiger partial charge is 0.306 e. The molecule has 3 nitrogen and oxygen atoms in total. The van der Waals surface area contributed by atoms with Gasteiger partial charge in [0, 0.05) is 18.5 Å². The van der Waals surface area contributed by atoms with Crippen molar-refractivity contribution >= 4 is 11.6 Å². The van der Waals surface area contributed by atoms with Gasteiger partial charge in [0.05, 0.1) is 5.92 Å². The highest BCUT2D eigenvalue weighted by atomic mass is 16.2. The summed E-state index contributed by atoms with van der Waals surface area (Å²) in [4.78, 5) is 27.2. The van der Waals surface area contributed by atoms with Gasteiger partial charge in [-0.05, 0) is 38.3 Å². The molecule has 1 heterocycles. The number of likely N-dealkylation sites (tertiary alicyclic amines) is 1. The molecule has 2 aliphatic rings. The minimum atomic E-state index is -0.412. The van der Waals surface area contributed by atoms with E-state index < -0.39 is 5.92 Å². The zero-order valence-electron chi connectivity index (χ0n) is 11.9. The van der Waals surface area contributed by atoms with Crippen molar-refractivity contribution in [3.8, 4) is 0 Å². The molecule has 0 N–H and O–H groups in total. The molecule has 1 aromatic rings. The summed E-state index contributed by atoms with van der Waals surface area (Å²) in [5, 5.41) is 0. The second kappa shape index (κ2) is 5.49. The first-order chi connectivity index (χ1) is 9.65. The van der Waals surface area contributed by atoms with E-state index in [0.717, 1.165) is 25.9 Å². The number of piperidine rings is 1. The molecular formula is C17H21NO2. The average Bonchev–Trinajstić information content (AvgIpc) is 2.47. The third-order valence-electron chi connectivity index (χ3n) is 4.86. The van der Waals surface area contributed by atoms with Gasteiger partial charge in [-0.25, -0.2) is 0 Å². The van der Waals surface area contributed by atoms with Gasteiger partial charge in [-0.1, -0.05) is 30.3 Å². The van der Waals surface area contributed by atoms with Crippen molar-refractivity contribution in [2.24, 2.45) is 17.8 Å². The Morgan fingerprint density at radius 1 is 1.20 bits per heavy atom. The van der Waals surface area contributed by atoms with Gasteiger partial charge >= 0.3 is 0 Å². The first-order valence-electron chi connectivity index (χ1n) is 7.45. The summed E-state index contributed by atoms with van der Waals surface area (Å²) in [7, 11) is 2.13. The number of carbonyl (C=O) groups is 2. The predicted molar refractivity (Wildman–Crippen MR) is 77.6 cm³/mol. The quantitative estimate of drug-likeness (QED) is 0.612. The number of ketones is 2. The van der Waals surface area contributed by atoms with Crippen molar-refractivity contribution in [2.45, 2.75) is 19.3 Å². The Labute approximate surface area is 120 Å². The summed E-state index contributed by atoms with van der Waals surface area (Å²) in [6.45, 7) is 2.10. The van der Waals surface area contributed by atoms with E-state index in [4.69, 9.17) is 0 Å². The first kappa shape index (κ1) is 13.5. The maximum atomic E-state index is 12.5. The maximum absolute atomic E-state index is 12.5. The normalized spacial score (nSPS) is 30.9. The Hall–Kier alpha value is -1.48. The van der Waals surface area contributed by atoms with Crippen LogP contribution in [-0.2, 0) is 4.79 Å². The van der Waals surface area contributed by atoms with Crippen LogP contribution in [0.1, 0.15) is 29.6 Å². The summed E-state index contributed by atoms with van der Waals surface area (Å²) < 4.78 is 0. The van der Waals surface area contributed by atoms with Gasteiger partial charge in [-0.2, -0.15) is 0 Å². The Balaban J connectivity index is 1.77. The average molecular weight is 271 g/mol. The Bertz CT molecular complexity index is 511. The highest BCUT2D eigenvalue weighted by molar-refractivity contribution is 6.11. The van der Waals surface area contributed by atoms with Crippen LogP contribution >= 0.6 is 0 Å². The van der Waals surface area contributed by atoms with Crippen LogP contribution in [0.2, 0.25) is 0 Å². The van der Waals surface area contributed by atoms with Gasteiger partial charge in [0.15, 0.2) is 5.78 Å². The number of nitrogens with zero attached hydrogens (tertiary/aromatic N) is 1. The fourth-order valence-electron chi connectivity index (χ4n) is 3.69. The fourth-order valence-corrected chi connectivity index (χ4v) is 3.69. The molecule has 0 aromatic heterocycles. The lowest BCUT2D eigenvalue weighted by atomic mass is 9.68. The number of benzene rings is 1. The smallest absolute Gasteiger partial charge is 0.173 e. The lowest BCUT2D eigenvalue weighted by Crippen LogP contribution is -2.45. The van der Waals surface area contributed by atoms with Gasteiger partial charge in [-0.15, -0.1) is 0 Å². The van der Waals surface area contributed by atoms with Gasteiger partial charge in [0.1, 0.15) is 5.78 Å². The van der Waals surface area contributed by atoms with Crippen molar-refractivity contribution in [1.82, 2.24) is 4.90 Å². The number of fused-ring (bicyclic) bond motifs is 1. The molecule has 0 bridgehead atoms. The fraction of sp³-hybridized carbons (Fsp3) is 0.529. The van der Waals surface area contributed by atoms with Crippen LogP contribution in [0.5, 0.6) is 0 Å². The first-order valence-corrected chi connectivity index (χ1v) is 7.45. The summed E-state index contributed by atoms with van der Waals surface area (Å²) in [5.74, 6) is 0.764. The third kappa shape index (κ3) is 2.55. The number of carbonyl (C=O) groups excluding carboxylic acids is 2. The molecule has 1 aliphatic heterocycles. The zero-order chi connectivity index (χ0) is 14.1. The van der Waals surface area contributed by atoms with Crippen LogP contribution in [0.3, 0.4) is 0 Å². The van der Waals surface area contributed by atoms with E-state index in [-0.39, 0.29) is 11.6 Å². The van der Waals surface area contributed by atoms with E-state index in [9.17, 15) is 9.59 Å². The van der Waals surface area contributed by atoms with Crippen molar-refractivity contribution in [2.75, 3.05) is 20.1 Å². The standard InChI is InChI=1S/C17H21NO2/c1-18-8-7-13-10-16(19)15(9-14(13)11-18)17(20)12-5-3-2-4-6-12/h2-6,13-15H,7-11H2,1H3/t13-,14-,15?/m0/s1. The molecule has 106 valence electrons. The van der Waals surface area contributed by atoms with E-state index in [2.05, 4.69) is 11.9 Å². The lowest BCUT2D eigenvalue weighted by Gasteiger charge is -2.41. The minimum absolute atomic E-state index is 0.0160. The summed E-state index contributed by atoms with van der Waals surface area (Å²) in [6, 6.07) is 9.24. The Morgan fingerprint density at radius 2 is 1.95 bits per heavy atom. The molecule has 1 saturated heterocycles. The molecule has 0 radical (unpaired) electrons. The molecule has 0 amide bonds. The summed E-state index contributed by atoms with van der Waals surface area (Å²) in [5.41, 5.74) is 0.675. The SMILES string of the molecule is CN1CC[C@H]2CC(=O)C(C(=O)c3ccccc3)C[C@H]2C1. The highest BCUT2D eigenvalue weighted by Gasteiger charge is 2.41. The molecule has 3 rings (SSSR count). The van der Waals surface area contributed by atoms with Crippen LogP contribution in [0.15, 0.2) is 30.3 Å². The Morgan fingerprint density at radius 3 is 2.70 bits per heavy atom. The Kier molecular flexibility index (Phi) is 3.70. The number of Topliss-reactive ketones (excluding diaryl/α,β-unsaturated/α-hetero) is 2. The van der Waals surface area contributed by atoms with Crippen LogP contribution < -0.4 is 0 Å². The lowest BCUT2D eigenvalue weighted by molar-refractivity contribution is -0.127.